The highest BCUT2D eigenvalue weighted by molar-refractivity contribution is 7.03. The molecule has 3 N–H and O–H groups in total. The van der Waals surface area contributed by atoms with Gasteiger partial charge in [0.1, 0.15) is 5.51 Å². The average molecular weight is 352 g/mol. The van der Waals surface area contributed by atoms with Crippen LogP contribution >= 0.6 is 11.5 Å². The standard InChI is InChI=1S/C18H16N4O2S/c19-16(23)10-15(12-4-2-1-3-5-12)18(24)21-14-8-6-13(7-9-14)17-20-11-25-22-17/h1-9,11,15H,10H2,(H2,19,23)(H,21,24). The summed E-state index contributed by atoms with van der Waals surface area (Å²) < 4.78 is 4.17. The van der Waals surface area contributed by atoms with Crippen LogP contribution in [0.5, 0.6) is 0 Å². The number of hydrogen-bond donors (Lipinski definition) is 2. The maximum Gasteiger partial charge on any atom is 0.232 e. The van der Waals surface area contributed by atoms with Crippen molar-refractivity contribution in [3.63, 3.8) is 0 Å². The lowest BCUT2D eigenvalue weighted by atomic mass is 9.94. The quantitative estimate of drug-likeness (QED) is 0.713. The van der Waals surface area contributed by atoms with Gasteiger partial charge in [0.2, 0.25) is 11.8 Å². The van der Waals surface area contributed by atoms with Crippen LogP contribution < -0.4 is 11.1 Å². The summed E-state index contributed by atoms with van der Waals surface area (Å²) >= 11 is 1.28. The molecule has 0 aliphatic rings. The van der Waals surface area contributed by atoms with Gasteiger partial charge in [-0.2, -0.15) is 4.37 Å². The van der Waals surface area contributed by atoms with Crippen LogP contribution in [0.2, 0.25) is 0 Å². The van der Waals surface area contributed by atoms with Gasteiger partial charge in [-0.15, -0.1) is 0 Å². The summed E-state index contributed by atoms with van der Waals surface area (Å²) in [6.07, 6.45) is -0.0450. The number of hydrogen-bond acceptors (Lipinski definition) is 5. The van der Waals surface area contributed by atoms with Crippen LogP contribution in [-0.2, 0) is 9.59 Å². The van der Waals surface area contributed by atoms with Gasteiger partial charge < -0.3 is 11.1 Å². The van der Waals surface area contributed by atoms with Gasteiger partial charge in [-0.25, -0.2) is 4.98 Å². The summed E-state index contributed by atoms with van der Waals surface area (Å²) in [6, 6.07) is 16.4. The van der Waals surface area contributed by atoms with Gasteiger partial charge in [-0.1, -0.05) is 30.3 Å². The van der Waals surface area contributed by atoms with E-state index in [4.69, 9.17) is 5.73 Å². The zero-order valence-electron chi connectivity index (χ0n) is 13.3. The summed E-state index contributed by atoms with van der Waals surface area (Å²) in [5.41, 5.74) is 9.23. The zero-order valence-corrected chi connectivity index (χ0v) is 14.1. The van der Waals surface area contributed by atoms with E-state index in [1.807, 2.05) is 42.5 Å². The fourth-order valence-corrected chi connectivity index (χ4v) is 2.92. The maximum atomic E-state index is 12.6. The number of anilines is 1. The minimum absolute atomic E-state index is 0.0450. The zero-order chi connectivity index (χ0) is 17.6. The molecule has 0 aliphatic carbocycles. The largest absolute Gasteiger partial charge is 0.370 e. The average Bonchev–Trinajstić information content (AvgIpc) is 3.15. The minimum atomic E-state index is -0.626. The molecule has 0 aliphatic heterocycles. The van der Waals surface area contributed by atoms with Crippen molar-refractivity contribution >= 4 is 29.0 Å². The first-order valence-corrected chi connectivity index (χ1v) is 8.48. The van der Waals surface area contributed by atoms with Crippen molar-refractivity contribution in [1.82, 2.24) is 9.36 Å². The van der Waals surface area contributed by atoms with Crippen LogP contribution in [-0.4, -0.2) is 21.2 Å². The smallest absolute Gasteiger partial charge is 0.232 e. The third kappa shape index (κ3) is 4.27. The molecule has 2 aromatic carbocycles. The van der Waals surface area contributed by atoms with E-state index in [1.165, 1.54) is 11.5 Å². The topological polar surface area (TPSA) is 98.0 Å². The molecule has 1 heterocycles. The predicted molar refractivity (Wildman–Crippen MR) is 97.0 cm³/mol. The van der Waals surface area contributed by atoms with E-state index >= 15 is 0 Å². The molecule has 1 aromatic heterocycles. The number of amides is 2. The molecule has 2 amide bonds. The number of nitrogens with two attached hydrogens (primary N) is 1. The number of nitrogens with zero attached hydrogens (tertiary/aromatic N) is 2. The van der Waals surface area contributed by atoms with Crippen LogP contribution in [0.15, 0.2) is 60.1 Å². The van der Waals surface area contributed by atoms with Crippen molar-refractivity contribution in [2.24, 2.45) is 5.73 Å². The van der Waals surface area contributed by atoms with Crippen molar-refractivity contribution in [2.75, 3.05) is 5.32 Å². The molecule has 0 fully saturated rings. The van der Waals surface area contributed by atoms with E-state index in [2.05, 4.69) is 14.7 Å². The molecule has 0 radical (unpaired) electrons. The number of rotatable bonds is 6. The molecular weight excluding hydrogens is 336 g/mol. The van der Waals surface area contributed by atoms with Gasteiger partial charge in [-0.3, -0.25) is 9.59 Å². The van der Waals surface area contributed by atoms with Crippen molar-refractivity contribution < 1.29 is 9.59 Å². The third-order valence-corrected chi connectivity index (χ3v) is 4.17. The molecule has 7 heteroatoms. The predicted octanol–water partition coefficient (Wildman–Crippen LogP) is 2.80. The minimum Gasteiger partial charge on any atom is -0.370 e. The Kier molecular flexibility index (Phi) is 5.15. The number of benzene rings is 2. The van der Waals surface area contributed by atoms with Crippen molar-refractivity contribution in [2.45, 2.75) is 12.3 Å². The number of primary amides is 1. The second-order valence-electron chi connectivity index (χ2n) is 5.46. The van der Waals surface area contributed by atoms with Crippen LogP contribution in [0, 0.1) is 0 Å². The Morgan fingerprint density at radius 3 is 2.40 bits per heavy atom. The normalized spacial score (nSPS) is 11.7. The van der Waals surface area contributed by atoms with Crippen molar-refractivity contribution in [1.29, 1.82) is 0 Å². The monoisotopic (exact) mass is 352 g/mol. The van der Waals surface area contributed by atoms with E-state index in [0.717, 1.165) is 11.1 Å². The van der Waals surface area contributed by atoms with Crippen LogP contribution in [0.4, 0.5) is 5.69 Å². The first-order chi connectivity index (χ1) is 12.1. The Morgan fingerprint density at radius 1 is 1.08 bits per heavy atom. The molecule has 126 valence electrons. The lowest BCUT2D eigenvalue weighted by molar-refractivity contribution is -0.123. The summed E-state index contributed by atoms with van der Waals surface area (Å²) in [5, 5.41) is 2.83. The molecule has 1 unspecified atom stereocenters. The SMILES string of the molecule is NC(=O)CC(C(=O)Nc1ccc(-c2ncsn2)cc1)c1ccccc1. The molecule has 0 bridgehead atoms. The van der Waals surface area contributed by atoms with Gasteiger partial charge in [0.15, 0.2) is 5.82 Å². The van der Waals surface area contributed by atoms with Crippen molar-refractivity contribution in [3.8, 4) is 11.4 Å². The number of carbonyl (C=O) groups excluding carboxylic acids is 2. The van der Waals surface area contributed by atoms with Crippen LogP contribution in [0.25, 0.3) is 11.4 Å². The summed E-state index contributed by atoms with van der Waals surface area (Å²) in [4.78, 5) is 28.1. The lowest BCUT2D eigenvalue weighted by Gasteiger charge is -2.16. The summed E-state index contributed by atoms with van der Waals surface area (Å²) in [6.45, 7) is 0. The Labute approximate surface area is 148 Å². The highest BCUT2D eigenvalue weighted by Crippen LogP contribution is 2.23. The highest BCUT2D eigenvalue weighted by Gasteiger charge is 2.22. The van der Waals surface area contributed by atoms with Crippen LogP contribution in [0.1, 0.15) is 17.9 Å². The van der Waals surface area contributed by atoms with E-state index in [0.29, 0.717) is 11.5 Å². The first kappa shape index (κ1) is 16.8. The van der Waals surface area contributed by atoms with Gasteiger partial charge in [0.05, 0.1) is 5.92 Å². The second-order valence-corrected chi connectivity index (χ2v) is 6.06. The fourth-order valence-electron chi connectivity index (χ4n) is 2.48. The molecule has 25 heavy (non-hydrogen) atoms. The lowest BCUT2D eigenvalue weighted by Crippen LogP contribution is -2.26. The Bertz CT molecular complexity index is 849. The fraction of sp³-hybridized carbons (Fsp3) is 0.111. The first-order valence-electron chi connectivity index (χ1n) is 7.64. The molecule has 0 saturated carbocycles. The molecule has 0 spiro atoms. The third-order valence-electron chi connectivity index (χ3n) is 3.70. The van der Waals surface area contributed by atoms with Gasteiger partial charge in [0, 0.05) is 17.7 Å². The van der Waals surface area contributed by atoms with Crippen LogP contribution in [0.3, 0.4) is 0 Å². The van der Waals surface area contributed by atoms with Gasteiger partial charge >= 0.3 is 0 Å². The summed E-state index contributed by atoms with van der Waals surface area (Å²) in [5.74, 6) is -0.768. The molecular formula is C18H16N4O2S. The molecule has 6 nitrogen and oxygen atoms in total. The number of nitrogens with one attached hydrogen (secondary N) is 1. The van der Waals surface area contributed by atoms with E-state index in [9.17, 15) is 9.59 Å². The Hall–Kier alpha value is -3.06. The summed E-state index contributed by atoms with van der Waals surface area (Å²) in [7, 11) is 0. The Balaban J connectivity index is 1.75. The maximum absolute atomic E-state index is 12.6. The molecule has 3 aromatic rings. The van der Waals surface area contributed by atoms with Gasteiger partial charge in [0.25, 0.3) is 0 Å². The highest BCUT2D eigenvalue weighted by atomic mass is 32.1. The molecule has 0 saturated heterocycles. The Morgan fingerprint density at radius 2 is 1.80 bits per heavy atom. The van der Waals surface area contributed by atoms with E-state index < -0.39 is 11.8 Å². The van der Waals surface area contributed by atoms with E-state index in [-0.39, 0.29) is 12.3 Å². The van der Waals surface area contributed by atoms with Gasteiger partial charge in [-0.05, 0) is 41.4 Å². The second kappa shape index (κ2) is 7.67. The van der Waals surface area contributed by atoms with E-state index in [1.54, 1.807) is 17.6 Å². The molecule has 3 rings (SSSR count). The van der Waals surface area contributed by atoms with Crippen molar-refractivity contribution in [3.05, 3.63) is 65.7 Å². The number of aromatic nitrogens is 2. The number of carbonyl (C=O) groups is 2. The molecule has 1 atom stereocenters.